The Balaban J connectivity index is 1.09. The fourth-order valence-electron chi connectivity index (χ4n) is 9.40. The zero-order chi connectivity index (χ0) is 45.0. The molecule has 13 rings (SSSR count). The molecular weight excluding hydrogens is 851 g/mol. The van der Waals surface area contributed by atoms with Crippen LogP contribution in [0.1, 0.15) is 0 Å². The van der Waals surface area contributed by atoms with Crippen molar-refractivity contribution in [2.24, 2.45) is 0 Å². The largest absolute Gasteiger partial charge is 0.309 e. The van der Waals surface area contributed by atoms with Gasteiger partial charge in [0, 0.05) is 70.0 Å². The topological polar surface area (TPSA) is 82.3 Å². The first-order valence-electron chi connectivity index (χ1n) is 22.5. The SMILES string of the molecule is c1ccc(-c2nc(-c3ccccc3)nc(-c3cc(-c4nc(-c5ccccc5)nc(-c5cccc6c5sc5ccccc56)n4)ccc3-c3cccc4c3c3ccccc3n4-c3ccccc3)n2)cc1. The summed E-state index contributed by atoms with van der Waals surface area (Å²) in [5.41, 5.74) is 10.6. The summed E-state index contributed by atoms with van der Waals surface area (Å²) in [4.78, 5) is 31.5. The van der Waals surface area contributed by atoms with Crippen LogP contribution in [0.15, 0.2) is 224 Å². The molecule has 0 aliphatic carbocycles. The minimum absolute atomic E-state index is 0.533. The lowest BCUT2D eigenvalue weighted by molar-refractivity contribution is 1.07. The van der Waals surface area contributed by atoms with Gasteiger partial charge in [0.2, 0.25) is 0 Å². The highest BCUT2D eigenvalue weighted by molar-refractivity contribution is 7.26. The summed E-state index contributed by atoms with van der Waals surface area (Å²) in [6, 6.07) is 77.5. The maximum atomic E-state index is 5.34. The Morgan fingerprint density at radius 2 is 0.765 bits per heavy atom. The first kappa shape index (κ1) is 39.4. The van der Waals surface area contributed by atoms with Crippen LogP contribution in [0.4, 0.5) is 0 Å². The minimum atomic E-state index is 0.533. The van der Waals surface area contributed by atoms with Gasteiger partial charge in [-0.05, 0) is 53.6 Å². The van der Waals surface area contributed by atoms with Gasteiger partial charge in [-0.3, -0.25) is 0 Å². The van der Waals surface area contributed by atoms with Crippen molar-refractivity contribution in [3.63, 3.8) is 0 Å². The second-order valence-corrected chi connectivity index (χ2v) is 17.7. The number of thiophene rings is 1. The van der Waals surface area contributed by atoms with E-state index in [1.165, 1.54) is 15.5 Å². The van der Waals surface area contributed by atoms with Crippen LogP contribution in [0.25, 0.3) is 127 Å². The number of aromatic nitrogens is 7. The van der Waals surface area contributed by atoms with Crippen LogP contribution in [0.2, 0.25) is 0 Å². The van der Waals surface area contributed by atoms with E-state index in [-0.39, 0.29) is 0 Å². The molecule has 4 heterocycles. The van der Waals surface area contributed by atoms with Gasteiger partial charge in [-0.15, -0.1) is 11.3 Å². The Morgan fingerprint density at radius 3 is 1.41 bits per heavy atom. The second kappa shape index (κ2) is 16.5. The van der Waals surface area contributed by atoms with Gasteiger partial charge in [0.1, 0.15) is 0 Å². The molecule has 4 aromatic heterocycles. The van der Waals surface area contributed by atoms with Crippen molar-refractivity contribution < 1.29 is 0 Å². The van der Waals surface area contributed by atoms with Crippen molar-refractivity contribution >= 4 is 53.3 Å². The quantitative estimate of drug-likeness (QED) is 0.151. The number of hydrogen-bond acceptors (Lipinski definition) is 7. The molecule has 0 aliphatic heterocycles. The Hall–Kier alpha value is -8.98. The summed E-state index contributed by atoms with van der Waals surface area (Å²) in [6.07, 6.45) is 0. The Bertz CT molecular complexity index is 3960. The smallest absolute Gasteiger partial charge is 0.165 e. The van der Waals surface area contributed by atoms with E-state index in [4.69, 9.17) is 29.9 Å². The summed E-state index contributed by atoms with van der Waals surface area (Å²) < 4.78 is 4.70. The van der Waals surface area contributed by atoms with E-state index < -0.39 is 0 Å². The van der Waals surface area contributed by atoms with Gasteiger partial charge in [-0.25, -0.2) is 29.9 Å². The molecule has 318 valence electrons. The third-order valence-electron chi connectivity index (χ3n) is 12.5. The summed E-state index contributed by atoms with van der Waals surface area (Å²) >= 11 is 1.76. The van der Waals surface area contributed by atoms with Gasteiger partial charge in [-0.1, -0.05) is 182 Å². The normalized spacial score (nSPS) is 11.5. The molecule has 0 N–H and O–H groups in total. The predicted molar refractivity (Wildman–Crippen MR) is 278 cm³/mol. The summed E-state index contributed by atoms with van der Waals surface area (Å²) in [5, 5.41) is 4.68. The molecule has 0 spiro atoms. The molecule has 0 amide bonds. The molecule has 8 heteroatoms. The van der Waals surface area contributed by atoms with E-state index in [1.807, 2.05) is 91.0 Å². The van der Waals surface area contributed by atoms with Gasteiger partial charge in [0.15, 0.2) is 34.9 Å². The van der Waals surface area contributed by atoms with Crippen molar-refractivity contribution in [2.45, 2.75) is 0 Å². The van der Waals surface area contributed by atoms with Crippen LogP contribution in [0.5, 0.6) is 0 Å². The Labute approximate surface area is 395 Å². The van der Waals surface area contributed by atoms with E-state index in [0.717, 1.165) is 76.7 Å². The number of rotatable bonds is 8. The zero-order valence-electron chi connectivity index (χ0n) is 36.4. The molecule has 0 atom stereocenters. The molecule has 0 aliphatic rings. The lowest BCUT2D eigenvalue weighted by atomic mass is 9.93. The lowest BCUT2D eigenvalue weighted by Crippen LogP contribution is -2.03. The van der Waals surface area contributed by atoms with Crippen LogP contribution in [0, 0.1) is 0 Å². The Morgan fingerprint density at radius 1 is 0.294 bits per heavy atom. The van der Waals surface area contributed by atoms with Crippen LogP contribution < -0.4 is 0 Å². The fraction of sp³-hybridized carbons (Fsp3) is 0. The third-order valence-corrected chi connectivity index (χ3v) is 13.8. The minimum Gasteiger partial charge on any atom is -0.309 e. The first-order chi connectivity index (χ1) is 33.7. The van der Waals surface area contributed by atoms with E-state index >= 15 is 0 Å². The molecule has 9 aromatic carbocycles. The van der Waals surface area contributed by atoms with Crippen molar-refractivity contribution in [1.29, 1.82) is 0 Å². The fourth-order valence-corrected chi connectivity index (χ4v) is 10.6. The highest BCUT2D eigenvalue weighted by atomic mass is 32.1. The molecule has 0 saturated carbocycles. The summed E-state index contributed by atoms with van der Waals surface area (Å²) in [7, 11) is 0. The van der Waals surface area contributed by atoms with Crippen LogP contribution in [-0.4, -0.2) is 34.5 Å². The number of para-hydroxylation sites is 2. The molecule has 0 fully saturated rings. The van der Waals surface area contributed by atoms with Crippen molar-refractivity contribution in [1.82, 2.24) is 34.5 Å². The second-order valence-electron chi connectivity index (χ2n) is 16.6. The predicted octanol–water partition coefficient (Wildman–Crippen LogP) is 15.2. The lowest BCUT2D eigenvalue weighted by Gasteiger charge is -2.15. The molecule has 0 radical (unpaired) electrons. The van der Waals surface area contributed by atoms with E-state index in [1.54, 1.807) is 11.3 Å². The number of fused-ring (bicyclic) bond motifs is 6. The van der Waals surface area contributed by atoms with Gasteiger partial charge in [-0.2, -0.15) is 0 Å². The van der Waals surface area contributed by atoms with E-state index in [2.05, 4.69) is 138 Å². The van der Waals surface area contributed by atoms with Gasteiger partial charge < -0.3 is 4.57 Å². The standard InChI is InChI=1S/C60H37N7S/c1-5-19-38(20-6-1)55-61-56(39-21-7-2-8-22-39)65-60(64-55)49-37-41(35-36-43(49)45-29-18-33-51-53(45)47-28-13-15-32-50(47)67(51)42-25-11-4-12-26-42)58-62-57(40-23-9-3-10-24-40)63-59(66-58)48-31-17-30-46-44-27-14-16-34-52(44)68-54(46)48/h1-37H. The van der Waals surface area contributed by atoms with Gasteiger partial charge >= 0.3 is 0 Å². The van der Waals surface area contributed by atoms with E-state index in [9.17, 15) is 0 Å². The number of benzene rings is 9. The maximum Gasteiger partial charge on any atom is 0.165 e. The summed E-state index contributed by atoms with van der Waals surface area (Å²) in [5.74, 6) is 3.42. The molecule has 0 unspecified atom stereocenters. The average molecular weight is 888 g/mol. The van der Waals surface area contributed by atoms with E-state index in [0.29, 0.717) is 34.9 Å². The molecule has 0 bridgehead atoms. The van der Waals surface area contributed by atoms with Crippen LogP contribution in [0.3, 0.4) is 0 Å². The molecule has 68 heavy (non-hydrogen) atoms. The third kappa shape index (κ3) is 6.82. The molecular formula is C60H37N7S. The highest BCUT2D eigenvalue weighted by Gasteiger charge is 2.23. The monoisotopic (exact) mass is 887 g/mol. The van der Waals surface area contributed by atoms with Gasteiger partial charge in [0.05, 0.1) is 11.0 Å². The number of hydrogen-bond donors (Lipinski definition) is 0. The first-order valence-corrected chi connectivity index (χ1v) is 23.4. The molecule has 0 saturated heterocycles. The average Bonchev–Trinajstić information content (AvgIpc) is 3.98. The molecule has 13 aromatic rings. The van der Waals surface area contributed by atoms with Crippen LogP contribution >= 0.6 is 11.3 Å². The van der Waals surface area contributed by atoms with Crippen LogP contribution in [-0.2, 0) is 0 Å². The zero-order valence-corrected chi connectivity index (χ0v) is 37.2. The highest BCUT2D eigenvalue weighted by Crippen LogP contribution is 2.44. The number of nitrogens with zero attached hydrogens (tertiary/aromatic N) is 7. The molecule has 7 nitrogen and oxygen atoms in total. The summed E-state index contributed by atoms with van der Waals surface area (Å²) in [6.45, 7) is 0. The van der Waals surface area contributed by atoms with Crippen molar-refractivity contribution in [3.8, 4) is 85.1 Å². The maximum absolute atomic E-state index is 5.34. The van der Waals surface area contributed by atoms with Gasteiger partial charge in [0.25, 0.3) is 0 Å². The van der Waals surface area contributed by atoms with Crippen molar-refractivity contribution in [2.75, 3.05) is 0 Å². The Kier molecular flexibility index (Phi) is 9.54. The van der Waals surface area contributed by atoms with Crippen molar-refractivity contribution in [3.05, 3.63) is 224 Å².